The molecule has 0 radical (unpaired) electrons. The van der Waals surface area contributed by atoms with Gasteiger partial charge in [-0.3, -0.25) is 0 Å². The molecule has 0 aliphatic heterocycles. The zero-order valence-electron chi connectivity index (χ0n) is 11.5. The van der Waals surface area contributed by atoms with Gasteiger partial charge in [-0.05, 0) is 49.5 Å². The molecule has 1 aliphatic rings. The molecule has 0 saturated heterocycles. The number of aryl methyl sites for hydroxylation is 1. The summed E-state index contributed by atoms with van der Waals surface area (Å²) in [5.41, 5.74) is 1.93. The molecule has 2 rings (SSSR count). The maximum Gasteiger partial charge on any atom is 0.328 e. The molecule has 0 atom stereocenters. The van der Waals surface area contributed by atoms with Crippen LogP contribution in [0.5, 0.6) is 0 Å². The topological polar surface area (TPSA) is 53.4 Å². The van der Waals surface area contributed by atoms with Crippen molar-refractivity contribution in [1.82, 2.24) is 4.98 Å². The van der Waals surface area contributed by atoms with Crippen LogP contribution in [-0.2, 0) is 4.79 Å². The van der Waals surface area contributed by atoms with E-state index in [1.807, 2.05) is 13.0 Å². The summed E-state index contributed by atoms with van der Waals surface area (Å²) < 4.78 is 0. The highest BCUT2D eigenvalue weighted by Gasteiger charge is 2.30. The second-order valence-corrected chi connectivity index (χ2v) is 5.01. The first-order chi connectivity index (χ1) is 9.11. The van der Waals surface area contributed by atoms with E-state index in [2.05, 4.69) is 16.8 Å². The van der Waals surface area contributed by atoms with Crippen molar-refractivity contribution in [1.29, 1.82) is 0 Å². The van der Waals surface area contributed by atoms with E-state index in [4.69, 9.17) is 5.11 Å². The smallest absolute Gasteiger partial charge is 0.328 e. The van der Waals surface area contributed by atoms with Gasteiger partial charge in [0.25, 0.3) is 0 Å². The summed E-state index contributed by atoms with van der Waals surface area (Å²) in [5.74, 6) is 0.101. The highest BCUT2D eigenvalue weighted by atomic mass is 16.4. The molecular formula is C15H20N2O2. The van der Waals surface area contributed by atoms with Crippen molar-refractivity contribution in [3.05, 3.63) is 29.5 Å². The number of rotatable bonds is 6. The molecule has 0 bridgehead atoms. The first kappa shape index (κ1) is 13.6. The molecule has 0 aromatic carbocycles. The van der Waals surface area contributed by atoms with E-state index in [0.29, 0.717) is 6.04 Å². The number of anilines is 1. The maximum absolute atomic E-state index is 10.5. The van der Waals surface area contributed by atoms with E-state index in [-0.39, 0.29) is 0 Å². The Morgan fingerprint density at radius 1 is 1.58 bits per heavy atom. The van der Waals surface area contributed by atoms with Crippen LogP contribution in [0.25, 0.3) is 6.08 Å². The number of pyridine rings is 1. The summed E-state index contributed by atoms with van der Waals surface area (Å²) in [5, 5.41) is 8.62. The Labute approximate surface area is 113 Å². The van der Waals surface area contributed by atoms with Crippen LogP contribution in [0, 0.1) is 6.92 Å². The van der Waals surface area contributed by atoms with Crippen molar-refractivity contribution >= 4 is 17.9 Å². The van der Waals surface area contributed by atoms with Gasteiger partial charge in [0.2, 0.25) is 0 Å². The third-order valence-corrected chi connectivity index (χ3v) is 3.21. The molecule has 4 heteroatoms. The lowest BCUT2D eigenvalue weighted by Crippen LogP contribution is -2.28. The van der Waals surface area contributed by atoms with E-state index >= 15 is 0 Å². The van der Waals surface area contributed by atoms with Gasteiger partial charge >= 0.3 is 5.97 Å². The Kier molecular flexibility index (Phi) is 4.20. The standard InChI is InChI=1S/C15H20N2O2/c1-3-8-17(13-5-6-13)15-11(2)9-12(10-16-15)4-7-14(18)19/h4,7,9-10,13H,3,5-6,8H2,1-2H3,(H,18,19)/b7-4+. The van der Waals surface area contributed by atoms with Gasteiger partial charge in [0.05, 0.1) is 0 Å². The first-order valence-corrected chi connectivity index (χ1v) is 6.76. The molecule has 0 unspecified atom stereocenters. The molecule has 4 nitrogen and oxygen atoms in total. The minimum atomic E-state index is -0.938. The fourth-order valence-corrected chi connectivity index (χ4v) is 2.24. The summed E-state index contributed by atoms with van der Waals surface area (Å²) in [6.45, 7) is 5.24. The summed E-state index contributed by atoms with van der Waals surface area (Å²) >= 11 is 0. The predicted octanol–water partition coefficient (Wildman–Crippen LogP) is 2.87. The van der Waals surface area contributed by atoms with Crippen molar-refractivity contribution in [2.24, 2.45) is 0 Å². The van der Waals surface area contributed by atoms with Gasteiger partial charge in [-0.2, -0.15) is 0 Å². The number of nitrogens with zero attached hydrogens (tertiary/aromatic N) is 2. The van der Waals surface area contributed by atoms with Crippen LogP contribution in [-0.4, -0.2) is 28.6 Å². The van der Waals surface area contributed by atoms with Crippen LogP contribution in [0.3, 0.4) is 0 Å². The Morgan fingerprint density at radius 2 is 2.32 bits per heavy atom. The average molecular weight is 260 g/mol. The summed E-state index contributed by atoms with van der Waals surface area (Å²) in [6, 6.07) is 2.64. The molecule has 19 heavy (non-hydrogen) atoms. The van der Waals surface area contributed by atoms with Gasteiger partial charge in [0.15, 0.2) is 0 Å². The number of carboxylic acids is 1. The van der Waals surface area contributed by atoms with Gasteiger partial charge in [-0.15, -0.1) is 0 Å². The van der Waals surface area contributed by atoms with Crippen molar-refractivity contribution in [3.8, 4) is 0 Å². The molecule has 0 amide bonds. The molecule has 1 aromatic heterocycles. The van der Waals surface area contributed by atoms with Crippen molar-refractivity contribution < 1.29 is 9.90 Å². The Morgan fingerprint density at radius 3 is 2.84 bits per heavy atom. The van der Waals surface area contributed by atoms with E-state index in [9.17, 15) is 4.79 Å². The minimum absolute atomic E-state index is 0.645. The SMILES string of the molecule is CCCN(c1ncc(/C=C/C(=O)O)cc1C)C1CC1. The van der Waals surface area contributed by atoms with Crippen LogP contribution in [0.4, 0.5) is 5.82 Å². The number of hydrogen-bond acceptors (Lipinski definition) is 3. The molecule has 1 N–H and O–H groups in total. The number of aromatic nitrogens is 1. The second kappa shape index (κ2) is 5.87. The maximum atomic E-state index is 10.5. The van der Waals surface area contributed by atoms with E-state index in [1.165, 1.54) is 12.8 Å². The van der Waals surface area contributed by atoms with Crippen molar-refractivity contribution in [2.75, 3.05) is 11.4 Å². The molecule has 1 aromatic rings. The number of aliphatic carboxylic acids is 1. The fourth-order valence-electron chi connectivity index (χ4n) is 2.24. The Balaban J connectivity index is 2.20. The van der Waals surface area contributed by atoms with Gasteiger partial charge in [-0.25, -0.2) is 9.78 Å². The predicted molar refractivity (Wildman–Crippen MR) is 76.3 cm³/mol. The monoisotopic (exact) mass is 260 g/mol. The van der Waals surface area contributed by atoms with Gasteiger partial charge < -0.3 is 10.0 Å². The van der Waals surface area contributed by atoms with Gasteiger partial charge in [0.1, 0.15) is 5.82 Å². The van der Waals surface area contributed by atoms with E-state index in [1.54, 1.807) is 12.3 Å². The lowest BCUT2D eigenvalue weighted by Gasteiger charge is -2.24. The van der Waals surface area contributed by atoms with Crippen LogP contribution in [0.15, 0.2) is 18.3 Å². The lowest BCUT2D eigenvalue weighted by atomic mass is 10.1. The molecule has 1 heterocycles. The van der Waals surface area contributed by atoms with Crippen LogP contribution >= 0.6 is 0 Å². The highest BCUT2D eigenvalue weighted by Crippen LogP contribution is 2.32. The second-order valence-electron chi connectivity index (χ2n) is 5.01. The molecule has 1 aliphatic carbocycles. The third-order valence-electron chi connectivity index (χ3n) is 3.21. The Hall–Kier alpha value is -1.84. The minimum Gasteiger partial charge on any atom is -0.478 e. The van der Waals surface area contributed by atoms with Crippen LogP contribution in [0.1, 0.15) is 37.3 Å². The normalized spacial score (nSPS) is 14.8. The van der Waals surface area contributed by atoms with E-state index < -0.39 is 5.97 Å². The number of carboxylic acid groups (broad SMARTS) is 1. The molecule has 1 fully saturated rings. The third kappa shape index (κ3) is 3.56. The van der Waals surface area contributed by atoms with Gasteiger partial charge in [0, 0.05) is 24.9 Å². The zero-order valence-corrected chi connectivity index (χ0v) is 11.5. The number of hydrogen-bond donors (Lipinski definition) is 1. The van der Waals surface area contributed by atoms with Crippen molar-refractivity contribution in [3.63, 3.8) is 0 Å². The summed E-state index contributed by atoms with van der Waals surface area (Å²) in [7, 11) is 0. The average Bonchev–Trinajstić information content (AvgIpc) is 3.18. The van der Waals surface area contributed by atoms with Gasteiger partial charge in [-0.1, -0.05) is 6.92 Å². The van der Waals surface area contributed by atoms with Crippen LogP contribution in [0.2, 0.25) is 0 Å². The fraction of sp³-hybridized carbons (Fsp3) is 0.467. The molecule has 1 saturated carbocycles. The number of carbonyl (C=O) groups is 1. The first-order valence-electron chi connectivity index (χ1n) is 6.76. The summed E-state index contributed by atoms with van der Waals surface area (Å²) in [6.07, 6.45) is 8.07. The van der Waals surface area contributed by atoms with Crippen LogP contribution < -0.4 is 4.90 Å². The molecule has 102 valence electrons. The highest BCUT2D eigenvalue weighted by molar-refractivity contribution is 5.85. The van der Waals surface area contributed by atoms with E-state index in [0.717, 1.165) is 36.0 Å². The lowest BCUT2D eigenvalue weighted by molar-refractivity contribution is -0.131. The summed E-state index contributed by atoms with van der Waals surface area (Å²) in [4.78, 5) is 17.4. The Bertz CT molecular complexity index is 493. The molecular weight excluding hydrogens is 240 g/mol. The molecule has 0 spiro atoms. The van der Waals surface area contributed by atoms with Crippen molar-refractivity contribution in [2.45, 2.75) is 39.2 Å². The quantitative estimate of drug-likeness (QED) is 0.799. The zero-order chi connectivity index (χ0) is 13.8. The largest absolute Gasteiger partial charge is 0.478 e.